The number of carbonyl (C=O) groups is 1. The standard InChI is InChI=1S/C18H21NO5S2/c1-13(14-5-9-16(10-6-14)25(3,21)22)18(20)19(2)15-7-11-17(12-8-15)26(4,23)24/h5-13H,1-4H3. The summed E-state index contributed by atoms with van der Waals surface area (Å²) in [5, 5.41) is 0. The van der Waals surface area contributed by atoms with E-state index in [0.717, 1.165) is 12.5 Å². The second-order valence-electron chi connectivity index (χ2n) is 6.23. The first-order valence-corrected chi connectivity index (χ1v) is 11.6. The molecule has 0 bridgehead atoms. The van der Waals surface area contributed by atoms with E-state index in [2.05, 4.69) is 0 Å². The normalized spacial score (nSPS) is 13.2. The number of nitrogens with zero attached hydrogens (tertiary/aromatic N) is 1. The second kappa shape index (κ2) is 7.20. The highest BCUT2D eigenvalue weighted by atomic mass is 32.2. The van der Waals surface area contributed by atoms with Crippen molar-refractivity contribution in [1.82, 2.24) is 0 Å². The summed E-state index contributed by atoms with van der Waals surface area (Å²) >= 11 is 0. The van der Waals surface area contributed by atoms with Crippen molar-refractivity contribution in [3.05, 3.63) is 54.1 Å². The molecule has 0 aromatic heterocycles. The van der Waals surface area contributed by atoms with Crippen LogP contribution >= 0.6 is 0 Å². The fourth-order valence-corrected chi connectivity index (χ4v) is 3.74. The molecule has 2 aromatic rings. The van der Waals surface area contributed by atoms with Gasteiger partial charge in [0.2, 0.25) is 5.91 Å². The number of amides is 1. The molecule has 0 radical (unpaired) electrons. The van der Waals surface area contributed by atoms with Gasteiger partial charge in [-0.05, 0) is 48.9 Å². The summed E-state index contributed by atoms with van der Waals surface area (Å²) in [5.74, 6) is -0.674. The molecule has 0 saturated heterocycles. The fourth-order valence-electron chi connectivity index (χ4n) is 2.48. The van der Waals surface area contributed by atoms with Crippen LogP contribution in [0.2, 0.25) is 0 Å². The smallest absolute Gasteiger partial charge is 0.233 e. The zero-order valence-corrected chi connectivity index (χ0v) is 16.6. The van der Waals surface area contributed by atoms with Gasteiger partial charge in [-0.2, -0.15) is 0 Å². The van der Waals surface area contributed by atoms with Gasteiger partial charge in [0.15, 0.2) is 19.7 Å². The quantitative estimate of drug-likeness (QED) is 0.775. The van der Waals surface area contributed by atoms with Crippen molar-refractivity contribution in [2.75, 3.05) is 24.5 Å². The third-order valence-electron chi connectivity index (χ3n) is 4.16. The molecular formula is C18H21NO5S2. The highest BCUT2D eigenvalue weighted by Gasteiger charge is 2.21. The number of anilines is 1. The summed E-state index contributed by atoms with van der Waals surface area (Å²) in [7, 11) is -4.97. The third kappa shape index (κ3) is 4.50. The highest BCUT2D eigenvalue weighted by Crippen LogP contribution is 2.24. The van der Waals surface area contributed by atoms with E-state index in [0.29, 0.717) is 11.3 Å². The second-order valence-corrected chi connectivity index (χ2v) is 10.3. The number of likely N-dealkylation sites (N-methyl/N-ethyl adjacent to an activating group) is 1. The molecule has 8 heteroatoms. The molecule has 1 atom stereocenters. The molecule has 0 fully saturated rings. The van der Waals surface area contributed by atoms with Gasteiger partial charge in [0, 0.05) is 25.2 Å². The van der Waals surface area contributed by atoms with Gasteiger partial charge in [-0.3, -0.25) is 4.79 Å². The highest BCUT2D eigenvalue weighted by molar-refractivity contribution is 7.91. The first-order valence-electron chi connectivity index (χ1n) is 7.79. The van der Waals surface area contributed by atoms with Crippen LogP contribution in [0.5, 0.6) is 0 Å². The van der Waals surface area contributed by atoms with E-state index < -0.39 is 25.6 Å². The summed E-state index contributed by atoms with van der Waals surface area (Å²) < 4.78 is 46.1. The third-order valence-corrected chi connectivity index (χ3v) is 6.42. The molecule has 1 amide bonds. The van der Waals surface area contributed by atoms with E-state index in [9.17, 15) is 21.6 Å². The monoisotopic (exact) mass is 395 g/mol. The predicted octanol–water partition coefficient (Wildman–Crippen LogP) is 2.26. The maximum absolute atomic E-state index is 12.7. The van der Waals surface area contributed by atoms with Crippen LogP contribution in [0.15, 0.2) is 58.3 Å². The van der Waals surface area contributed by atoms with Crippen molar-refractivity contribution in [1.29, 1.82) is 0 Å². The molecule has 0 N–H and O–H groups in total. The molecule has 26 heavy (non-hydrogen) atoms. The Morgan fingerprint density at radius 3 is 1.58 bits per heavy atom. The Kier molecular flexibility index (Phi) is 5.58. The SMILES string of the molecule is CC(C(=O)N(C)c1ccc(S(C)(=O)=O)cc1)c1ccc(S(C)(=O)=O)cc1. The van der Waals surface area contributed by atoms with E-state index in [1.165, 1.54) is 29.2 Å². The van der Waals surface area contributed by atoms with E-state index in [-0.39, 0.29) is 15.7 Å². The van der Waals surface area contributed by atoms with Gasteiger partial charge in [0.1, 0.15) is 0 Å². The number of sulfone groups is 2. The number of hydrogen-bond acceptors (Lipinski definition) is 5. The van der Waals surface area contributed by atoms with Gasteiger partial charge in [0.05, 0.1) is 15.7 Å². The molecule has 1 unspecified atom stereocenters. The van der Waals surface area contributed by atoms with Crippen molar-refractivity contribution < 1.29 is 21.6 Å². The van der Waals surface area contributed by atoms with Crippen molar-refractivity contribution in [3.63, 3.8) is 0 Å². The molecule has 0 aliphatic heterocycles. The summed E-state index contributed by atoms with van der Waals surface area (Å²) in [6, 6.07) is 12.3. The summed E-state index contributed by atoms with van der Waals surface area (Å²) in [4.78, 5) is 14.5. The minimum Gasteiger partial charge on any atom is -0.315 e. The minimum absolute atomic E-state index is 0.187. The first kappa shape index (κ1) is 20.1. The molecule has 6 nitrogen and oxygen atoms in total. The average molecular weight is 396 g/mol. The lowest BCUT2D eigenvalue weighted by molar-refractivity contribution is -0.119. The Hall–Kier alpha value is -2.19. The van der Waals surface area contributed by atoms with Crippen LogP contribution in [0.1, 0.15) is 18.4 Å². The summed E-state index contributed by atoms with van der Waals surface area (Å²) in [6.45, 7) is 1.74. The van der Waals surface area contributed by atoms with Crippen molar-refractivity contribution in [2.45, 2.75) is 22.6 Å². The lowest BCUT2D eigenvalue weighted by Crippen LogP contribution is -2.30. The van der Waals surface area contributed by atoms with Crippen LogP contribution in [-0.2, 0) is 24.5 Å². The minimum atomic E-state index is -3.29. The molecule has 0 heterocycles. The van der Waals surface area contributed by atoms with Crippen LogP contribution in [0.3, 0.4) is 0 Å². The fraction of sp³-hybridized carbons (Fsp3) is 0.278. The van der Waals surface area contributed by atoms with E-state index in [1.54, 1.807) is 38.2 Å². The summed E-state index contributed by atoms with van der Waals surface area (Å²) in [5.41, 5.74) is 1.27. The van der Waals surface area contributed by atoms with Crippen LogP contribution in [-0.4, -0.2) is 42.3 Å². The average Bonchev–Trinajstić information content (AvgIpc) is 2.58. The van der Waals surface area contributed by atoms with Crippen molar-refractivity contribution in [3.8, 4) is 0 Å². The van der Waals surface area contributed by atoms with Crippen LogP contribution in [0, 0.1) is 0 Å². The Morgan fingerprint density at radius 2 is 1.19 bits per heavy atom. The van der Waals surface area contributed by atoms with Crippen LogP contribution < -0.4 is 4.90 Å². The molecule has 0 spiro atoms. The zero-order chi connectivity index (χ0) is 19.7. The van der Waals surface area contributed by atoms with E-state index in [1.807, 2.05) is 0 Å². The first-order chi connectivity index (χ1) is 11.9. The molecule has 0 aliphatic carbocycles. The molecular weight excluding hydrogens is 374 g/mol. The maximum atomic E-state index is 12.7. The zero-order valence-electron chi connectivity index (χ0n) is 15.0. The van der Waals surface area contributed by atoms with Crippen LogP contribution in [0.25, 0.3) is 0 Å². The molecule has 2 rings (SSSR count). The van der Waals surface area contributed by atoms with E-state index >= 15 is 0 Å². The van der Waals surface area contributed by atoms with Crippen molar-refractivity contribution in [2.24, 2.45) is 0 Å². The largest absolute Gasteiger partial charge is 0.315 e. The van der Waals surface area contributed by atoms with Gasteiger partial charge in [-0.25, -0.2) is 16.8 Å². The van der Waals surface area contributed by atoms with Gasteiger partial charge in [0.25, 0.3) is 0 Å². The molecule has 140 valence electrons. The Morgan fingerprint density at radius 1 is 0.808 bits per heavy atom. The Labute approximate surface area is 154 Å². The Balaban J connectivity index is 2.22. The molecule has 2 aromatic carbocycles. The van der Waals surface area contributed by atoms with E-state index in [4.69, 9.17) is 0 Å². The van der Waals surface area contributed by atoms with Gasteiger partial charge < -0.3 is 4.90 Å². The maximum Gasteiger partial charge on any atom is 0.233 e. The van der Waals surface area contributed by atoms with Gasteiger partial charge in [-0.15, -0.1) is 0 Å². The predicted molar refractivity (Wildman–Crippen MR) is 101 cm³/mol. The lowest BCUT2D eigenvalue weighted by Gasteiger charge is -2.22. The lowest BCUT2D eigenvalue weighted by atomic mass is 10.00. The number of rotatable bonds is 5. The molecule has 0 saturated carbocycles. The number of carbonyl (C=O) groups excluding carboxylic acids is 1. The van der Waals surface area contributed by atoms with Gasteiger partial charge >= 0.3 is 0 Å². The number of hydrogen-bond donors (Lipinski definition) is 0. The molecule has 0 aliphatic rings. The Bertz CT molecular complexity index is 925. The number of benzene rings is 2. The van der Waals surface area contributed by atoms with Crippen molar-refractivity contribution >= 4 is 31.3 Å². The summed E-state index contributed by atoms with van der Waals surface area (Å²) in [6.07, 6.45) is 2.25. The van der Waals surface area contributed by atoms with Crippen LogP contribution in [0.4, 0.5) is 5.69 Å². The van der Waals surface area contributed by atoms with Gasteiger partial charge in [-0.1, -0.05) is 12.1 Å². The topological polar surface area (TPSA) is 88.6 Å².